The molecule has 0 aromatic carbocycles. The van der Waals surface area contributed by atoms with Gasteiger partial charge in [0.1, 0.15) is 0 Å². The molecule has 6 atom stereocenters. The molecule has 0 amide bonds. The molecule has 2 aliphatic carbocycles. The molecule has 0 aromatic heterocycles. The Morgan fingerprint density at radius 1 is 0.955 bits per heavy atom. The summed E-state index contributed by atoms with van der Waals surface area (Å²) in [4.78, 5) is 0. The van der Waals surface area contributed by atoms with Crippen molar-refractivity contribution in [2.75, 3.05) is 0 Å². The summed E-state index contributed by atoms with van der Waals surface area (Å²) in [5, 5.41) is 10.5. The van der Waals surface area contributed by atoms with Crippen LogP contribution in [0.5, 0.6) is 0 Å². The van der Waals surface area contributed by atoms with Crippen LogP contribution < -0.4 is 0 Å². The average Bonchev–Trinajstić information content (AvgIpc) is 2.42. The third-order valence-corrected chi connectivity index (χ3v) is 7.80. The van der Waals surface area contributed by atoms with E-state index in [0.717, 1.165) is 25.7 Å². The van der Waals surface area contributed by atoms with Gasteiger partial charge in [0.15, 0.2) is 0 Å². The molecule has 0 aromatic rings. The number of hydrogen-bond donors (Lipinski definition) is 1. The first-order chi connectivity index (χ1) is 10.1. The zero-order valence-corrected chi connectivity index (χ0v) is 15.1. The summed E-state index contributed by atoms with van der Waals surface area (Å²) >= 11 is 0. The van der Waals surface area contributed by atoms with Crippen molar-refractivity contribution >= 4 is 0 Å². The number of aliphatic hydroxyl groups excluding tert-OH is 1. The summed E-state index contributed by atoms with van der Waals surface area (Å²) in [5.74, 6) is 1.19. The first-order valence-corrected chi connectivity index (χ1v) is 9.09. The maximum atomic E-state index is 10.5. The zero-order valence-electron chi connectivity index (χ0n) is 15.1. The summed E-state index contributed by atoms with van der Waals surface area (Å²) in [6.07, 6.45) is 8.48. The van der Waals surface area contributed by atoms with E-state index in [-0.39, 0.29) is 28.1 Å². The highest BCUT2D eigenvalue weighted by atomic mass is 16.5. The second-order valence-corrected chi connectivity index (χ2v) is 9.50. The van der Waals surface area contributed by atoms with Gasteiger partial charge in [0.05, 0.1) is 17.3 Å². The van der Waals surface area contributed by atoms with Gasteiger partial charge in [-0.15, -0.1) is 6.58 Å². The van der Waals surface area contributed by atoms with Crippen molar-refractivity contribution in [2.45, 2.75) is 90.4 Å². The molecule has 1 saturated heterocycles. The van der Waals surface area contributed by atoms with Gasteiger partial charge in [-0.25, -0.2) is 0 Å². The van der Waals surface area contributed by atoms with Crippen LogP contribution in [0.1, 0.15) is 73.1 Å². The van der Waals surface area contributed by atoms with E-state index in [4.69, 9.17) is 4.74 Å². The summed E-state index contributed by atoms with van der Waals surface area (Å²) < 4.78 is 6.64. The maximum absolute atomic E-state index is 10.5. The molecular weight excluding hydrogens is 272 g/mol. The van der Waals surface area contributed by atoms with Gasteiger partial charge in [-0.05, 0) is 75.0 Å². The highest BCUT2D eigenvalue weighted by molar-refractivity contribution is 5.13. The normalized spacial score (nSPS) is 54.2. The molecule has 1 aliphatic heterocycles. The highest BCUT2D eigenvalue weighted by Crippen LogP contribution is 2.65. The molecule has 1 heterocycles. The number of ether oxygens (including phenoxy) is 1. The third kappa shape index (κ3) is 2.13. The van der Waals surface area contributed by atoms with Gasteiger partial charge >= 0.3 is 0 Å². The maximum Gasteiger partial charge on any atom is 0.0839 e. The van der Waals surface area contributed by atoms with E-state index in [1.165, 1.54) is 12.8 Å². The Morgan fingerprint density at radius 2 is 1.59 bits per heavy atom. The molecule has 2 heteroatoms. The van der Waals surface area contributed by atoms with Crippen LogP contribution in [0.4, 0.5) is 0 Å². The lowest BCUT2D eigenvalue weighted by atomic mass is 9.44. The van der Waals surface area contributed by atoms with E-state index in [1.54, 1.807) is 0 Å². The van der Waals surface area contributed by atoms with Crippen LogP contribution in [0.3, 0.4) is 0 Å². The van der Waals surface area contributed by atoms with Crippen molar-refractivity contribution in [3.63, 3.8) is 0 Å². The molecule has 3 aliphatic rings. The molecule has 0 spiro atoms. The van der Waals surface area contributed by atoms with E-state index in [2.05, 4.69) is 41.2 Å². The van der Waals surface area contributed by atoms with Crippen molar-refractivity contribution in [2.24, 2.45) is 22.7 Å². The minimum atomic E-state index is -0.169. The van der Waals surface area contributed by atoms with Crippen LogP contribution in [0.25, 0.3) is 0 Å². The van der Waals surface area contributed by atoms with Crippen LogP contribution in [0.15, 0.2) is 12.7 Å². The fraction of sp³-hybridized carbons (Fsp3) is 0.900. The first kappa shape index (κ1) is 16.5. The van der Waals surface area contributed by atoms with Crippen LogP contribution in [-0.4, -0.2) is 22.4 Å². The summed E-state index contributed by atoms with van der Waals surface area (Å²) in [7, 11) is 0. The smallest absolute Gasteiger partial charge is 0.0839 e. The highest BCUT2D eigenvalue weighted by Gasteiger charge is 2.62. The van der Waals surface area contributed by atoms with Crippen molar-refractivity contribution in [3.05, 3.63) is 12.7 Å². The lowest BCUT2D eigenvalue weighted by Gasteiger charge is -2.65. The molecular formula is C20H34O2. The fourth-order valence-corrected chi connectivity index (χ4v) is 6.41. The van der Waals surface area contributed by atoms with Gasteiger partial charge in [0.2, 0.25) is 0 Å². The molecule has 2 saturated carbocycles. The van der Waals surface area contributed by atoms with Crippen LogP contribution in [0, 0.1) is 22.7 Å². The molecule has 2 nitrogen and oxygen atoms in total. The van der Waals surface area contributed by atoms with Crippen LogP contribution >= 0.6 is 0 Å². The Hall–Kier alpha value is -0.340. The predicted octanol–water partition coefficient (Wildman–Crippen LogP) is 4.71. The lowest BCUT2D eigenvalue weighted by molar-refractivity contribution is -0.262. The molecule has 126 valence electrons. The third-order valence-electron chi connectivity index (χ3n) is 7.80. The second kappa shape index (κ2) is 4.83. The Labute approximate surface area is 136 Å². The lowest BCUT2D eigenvalue weighted by Crippen LogP contribution is -2.64. The second-order valence-electron chi connectivity index (χ2n) is 9.50. The Balaban J connectivity index is 1.95. The van der Waals surface area contributed by atoms with Gasteiger partial charge < -0.3 is 9.84 Å². The number of fused-ring (bicyclic) bond motifs is 3. The van der Waals surface area contributed by atoms with E-state index >= 15 is 0 Å². The predicted molar refractivity (Wildman–Crippen MR) is 90.7 cm³/mol. The molecule has 3 rings (SSSR count). The minimum Gasteiger partial charge on any atom is -0.393 e. The van der Waals surface area contributed by atoms with Crippen LogP contribution in [-0.2, 0) is 4.74 Å². The van der Waals surface area contributed by atoms with Gasteiger partial charge in [-0.2, -0.15) is 0 Å². The minimum absolute atomic E-state index is 0.0213. The van der Waals surface area contributed by atoms with Crippen molar-refractivity contribution in [1.29, 1.82) is 0 Å². The molecule has 0 bridgehead atoms. The van der Waals surface area contributed by atoms with Crippen LogP contribution in [0.2, 0.25) is 0 Å². The first-order valence-electron chi connectivity index (χ1n) is 9.09. The number of rotatable bonds is 1. The van der Waals surface area contributed by atoms with Crippen molar-refractivity contribution < 1.29 is 9.84 Å². The van der Waals surface area contributed by atoms with E-state index in [9.17, 15) is 5.11 Å². The standard InChI is InChI=1S/C20H34O2/c1-7-18(4)11-8-15-19(5)12-10-16(21)17(2,3)14(19)9-13-20(15,6)22-18/h7,14-16,21H,1,8-13H2,2-6H3/t14?,15?,16-,18+,19-,20+/m1/s1. The van der Waals surface area contributed by atoms with E-state index in [1.807, 2.05) is 6.08 Å². The zero-order chi connectivity index (χ0) is 16.4. The molecule has 0 radical (unpaired) electrons. The number of hydrogen-bond acceptors (Lipinski definition) is 2. The molecule has 22 heavy (non-hydrogen) atoms. The quantitative estimate of drug-likeness (QED) is 0.711. The number of aliphatic hydroxyl groups is 1. The largest absolute Gasteiger partial charge is 0.393 e. The summed E-state index contributed by atoms with van der Waals surface area (Å²) in [5.41, 5.74) is 0.106. The Bertz CT molecular complexity index is 470. The molecule has 2 unspecified atom stereocenters. The molecule has 1 N–H and O–H groups in total. The van der Waals surface area contributed by atoms with Gasteiger partial charge in [-0.1, -0.05) is 26.8 Å². The van der Waals surface area contributed by atoms with Crippen molar-refractivity contribution in [3.8, 4) is 0 Å². The van der Waals surface area contributed by atoms with Gasteiger partial charge in [0.25, 0.3) is 0 Å². The Morgan fingerprint density at radius 3 is 2.23 bits per heavy atom. The monoisotopic (exact) mass is 306 g/mol. The Kier molecular flexibility index (Phi) is 3.63. The SMILES string of the molecule is C=C[C@@]1(C)CCC2[C@]3(C)CC[C@@H](O)C(C)(C)C3CC[C@]2(C)O1. The molecule has 3 fully saturated rings. The van der Waals surface area contributed by atoms with E-state index in [0.29, 0.717) is 11.8 Å². The van der Waals surface area contributed by atoms with Gasteiger partial charge in [0, 0.05) is 0 Å². The average molecular weight is 306 g/mol. The summed E-state index contributed by atoms with van der Waals surface area (Å²) in [6.45, 7) is 15.5. The fourth-order valence-electron chi connectivity index (χ4n) is 6.41. The van der Waals surface area contributed by atoms with E-state index < -0.39 is 0 Å². The van der Waals surface area contributed by atoms with Crippen molar-refractivity contribution in [1.82, 2.24) is 0 Å². The summed E-state index contributed by atoms with van der Waals surface area (Å²) in [6, 6.07) is 0. The topological polar surface area (TPSA) is 29.5 Å². The van der Waals surface area contributed by atoms with Gasteiger partial charge in [-0.3, -0.25) is 0 Å².